The molecule has 0 N–H and O–H groups in total. The van der Waals surface area contributed by atoms with E-state index in [0.717, 1.165) is 4.46 Å². The molecule has 0 saturated carbocycles. The molecule has 30 heavy (non-hydrogen) atoms. The van der Waals surface area contributed by atoms with Crippen LogP contribution in [0.1, 0.15) is 27.7 Å². The first kappa shape index (κ1) is 23.9. The van der Waals surface area contributed by atoms with E-state index in [-0.39, 0.29) is 21.6 Å². The molecule has 1 heterocycles. The number of carbonyl (C=O) groups excluding carboxylic acids is 4. The molecule has 9 nitrogen and oxygen atoms in total. The summed E-state index contributed by atoms with van der Waals surface area (Å²) >= 11 is -0.366. The van der Waals surface area contributed by atoms with Crippen molar-refractivity contribution in [2.75, 3.05) is 6.61 Å². The topological polar surface area (TPSA) is 114 Å². The monoisotopic (exact) mass is 488 g/mol. The summed E-state index contributed by atoms with van der Waals surface area (Å²) in [5.74, 6) is -2.44. The van der Waals surface area contributed by atoms with Gasteiger partial charge in [0.2, 0.25) is 0 Å². The molecule has 1 aromatic rings. The summed E-state index contributed by atoms with van der Waals surface area (Å²) in [5, 5.41) is -0.680. The Morgan fingerprint density at radius 3 is 1.87 bits per heavy atom. The number of rotatable bonds is 7. The third kappa shape index (κ3) is 7.12. The van der Waals surface area contributed by atoms with Crippen LogP contribution in [0.5, 0.6) is 0 Å². The fourth-order valence-corrected chi connectivity index (χ4v) is 5.28. The van der Waals surface area contributed by atoms with Crippen LogP contribution in [0.15, 0.2) is 30.3 Å². The molecule has 1 aromatic carbocycles. The van der Waals surface area contributed by atoms with E-state index in [1.165, 1.54) is 27.7 Å². The van der Waals surface area contributed by atoms with Gasteiger partial charge in [-0.15, -0.1) is 0 Å². The molecule has 0 amide bonds. The van der Waals surface area contributed by atoms with E-state index in [1.54, 1.807) is 0 Å². The van der Waals surface area contributed by atoms with Crippen molar-refractivity contribution in [3.8, 4) is 0 Å². The van der Waals surface area contributed by atoms with Crippen molar-refractivity contribution in [2.45, 2.75) is 57.1 Å². The van der Waals surface area contributed by atoms with Crippen LogP contribution in [0.3, 0.4) is 0 Å². The van der Waals surface area contributed by atoms with Crippen LogP contribution in [0.4, 0.5) is 0 Å². The summed E-state index contributed by atoms with van der Waals surface area (Å²) in [7, 11) is 0. The van der Waals surface area contributed by atoms with E-state index < -0.39 is 53.3 Å². The average molecular weight is 487 g/mol. The molecule has 164 valence electrons. The van der Waals surface area contributed by atoms with Crippen molar-refractivity contribution < 1.29 is 42.9 Å². The summed E-state index contributed by atoms with van der Waals surface area (Å²) in [5.41, 5.74) is 0. The van der Waals surface area contributed by atoms with Crippen molar-refractivity contribution in [3.05, 3.63) is 30.3 Å². The molecule has 1 saturated heterocycles. The summed E-state index contributed by atoms with van der Waals surface area (Å²) in [6, 6.07) is 9.39. The molecule has 5 atom stereocenters. The van der Waals surface area contributed by atoms with Gasteiger partial charge in [0, 0.05) is 0 Å². The van der Waals surface area contributed by atoms with Gasteiger partial charge in [-0.25, -0.2) is 0 Å². The first-order valence-electron chi connectivity index (χ1n) is 9.19. The van der Waals surface area contributed by atoms with Crippen LogP contribution in [-0.4, -0.2) is 74.9 Å². The summed E-state index contributed by atoms with van der Waals surface area (Å²) in [4.78, 5) is 46.6. The van der Waals surface area contributed by atoms with E-state index in [4.69, 9.17) is 23.7 Å². The van der Waals surface area contributed by atoms with E-state index in [1.807, 2.05) is 30.3 Å². The predicted octanol–water partition coefficient (Wildman–Crippen LogP) is 0.0992. The van der Waals surface area contributed by atoms with Crippen LogP contribution in [0.2, 0.25) is 0 Å². The normalized spacial score (nSPS) is 25.7. The van der Waals surface area contributed by atoms with Gasteiger partial charge in [-0.05, 0) is 0 Å². The zero-order chi connectivity index (χ0) is 22.3. The molecule has 1 fully saturated rings. The third-order valence-corrected chi connectivity index (χ3v) is 6.37. The van der Waals surface area contributed by atoms with Crippen molar-refractivity contribution in [1.82, 2.24) is 0 Å². The minimum absolute atomic E-state index is 0.223. The van der Waals surface area contributed by atoms with Crippen LogP contribution >= 0.6 is 0 Å². The zero-order valence-corrected chi connectivity index (χ0v) is 18.8. The van der Waals surface area contributed by atoms with Gasteiger partial charge < -0.3 is 0 Å². The van der Waals surface area contributed by atoms with E-state index in [9.17, 15) is 19.2 Å². The molecule has 0 aliphatic carbocycles. The molecule has 0 spiro atoms. The fraction of sp³-hybridized carbons (Fsp3) is 0.500. The van der Waals surface area contributed by atoms with Crippen molar-refractivity contribution in [3.63, 3.8) is 0 Å². The third-order valence-electron chi connectivity index (χ3n) is 3.94. The van der Waals surface area contributed by atoms with Gasteiger partial charge in [0.15, 0.2) is 0 Å². The Morgan fingerprint density at radius 1 is 0.800 bits per heavy atom. The van der Waals surface area contributed by atoms with Crippen LogP contribution in [-0.2, 0) is 42.9 Å². The summed E-state index contributed by atoms with van der Waals surface area (Å²) in [6.07, 6.45) is -4.17. The maximum absolute atomic E-state index is 11.8. The van der Waals surface area contributed by atoms with Crippen molar-refractivity contribution >= 4 is 43.3 Å². The molecule has 10 heteroatoms. The van der Waals surface area contributed by atoms with E-state index >= 15 is 0 Å². The fourth-order valence-electron chi connectivity index (χ4n) is 2.92. The Labute approximate surface area is 180 Å². The SMILES string of the molecule is CC(=O)OC[C@H]1O[C@H]([Se]c2ccccc2)[C@H](OC(C)=O)[C@@H](OC(C)=O)[C@H]1OC(C)=O. The van der Waals surface area contributed by atoms with Gasteiger partial charge in [0.05, 0.1) is 0 Å². The first-order valence-corrected chi connectivity index (χ1v) is 11.0. The Kier molecular flexibility index (Phi) is 8.83. The Morgan fingerprint density at radius 2 is 1.33 bits per heavy atom. The van der Waals surface area contributed by atoms with Crippen molar-refractivity contribution in [1.29, 1.82) is 0 Å². The number of esters is 4. The number of ether oxygens (including phenoxy) is 5. The standard InChI is InChI=1S/C20H24O9Se/c1-11(21)25-10-16-17(26-12(2)22)18(27-13(3)23)19(28-14(4)24)20(29-16)30-15-8-6-5-7-9-15/h5-9,16-20H,10H2,1-4H3/t16-,17+,18+,19-,20-/m1/s1. The predicted molar refractivity (Wildman–Crippen MR) is 104 cm³/mol. The number of hydrogen-bond acceptors (Lipinski definition) is 9. The van der Waals surface area contributed by atoms with Gasteiger partial charge in [-0.1, -0.05) is 0 Å². The average Bonchev–Trinajstić information content (AvgIpc) is 2.64. The molecule has 0 bridgehead atoms. The van der Waals surface area contributed by atoms with Crippen molar-refractivity contribution in [2.24, 2.45) is 0 Å². The molecule has 1 aliphatic heterocycles. The molecule has 0 aromatic heterocycles. The second kappa shape index (κ2) is 11.1. The van der Waals surface area contributed by atoms with Crippen LogP contribution < -0.4 is 4.46 Å². The van der Waals surface area contributed by atoms with E-state index in [2.05, 4.69) is 0 Å². The minimum atomic E-state index is -1.13. The van der Waals surface area contributed by atoms with Gasteiger partial charge in [0.25, 0.3) is 0 Å². The number of hydrogen-bond donors (Lipinski definition) is 0. The summed E-state index contributed by atoms with van der Waals surface area (Å²) < 4.78 is 28.3. The van der Waals surface area contributed by atoms with Gasteiger partial charge in [-0.3, -0.25) is 0 Å². The molecule has 1 aliphatic rings. The molecule has 0 unspecified atom stereocenters. The second-order valence-corrected chi connectivity index (χ2v) is 8.96. The zero-order valence-electron chi connectivity index (χ0n) is 17.1. The molecular formula is C20H24O9Se. The van der Waals surface area contributed by atoms with Gasteiger partial charge in [-0.2, -0.15) is 0 Å². The number of carbonyl (C=O) groups is 4. The molecule has 0 radical (unpaired) electrons. The van der Waals surface area contributed by atoms with Crippen LogP contribution in [0, 0.1) is 0 Å². The quantitative estimate of drug-likeness (QED) is 0.300. The Bertz CT molecular complexity index is 767. The Balaban J connectivity index is 2.42. The van der Waals surface area contributed by atoms with Crippen LogP contribution in [0.25, 0.3) is 0 Å². The summed E-state index contributed by atoms with van der Waals surface area (Å²) in [6.45, 7) is 4.63. The maximum atomic E-state index is 11.8. The molecular weight excluding hydrogens is 463 g/mol. The van der Waals surface area contributed by atoms with Gasteiger partial charge in [0.1, 0.15) is 0 Å². The Hall–Kier alpha value is -2.42. The van der Waals surface area contributed by atoms with Gasteiger partial charge >= 0.3 is 180 Å². The number of benzene rings is 1. The van der Waals surface area contributed by atoms with E-state index in [0.29, 0.717) is 0 Å². The second-order valence-electron chi connectivity index (χ2n) is 6.50. The first-order chi connectivity index (χ1) is 14.2. The molecule has 2 rings (SSSR count).